The molecule has 0 spiro atoms. The fraction of sp³-hybridized carbons (Fsp3) is 0.333. The molecule has 7 heteroatoms. The number of hydrogen-bond donors (Lipinski definition) is 1. The Kier molecular flexibility index (Phi) is 5.06. The van der Waals surface area contributed by atoms with Crippen LogP contribution in [-0.4, -0.2) is 48.4 Å². The number of carbonyl (C=O) groups excluding carboxylic acids is 1. The van der Waals surface area contributed by atoms with Gasteiger partial charge in [-0.25, -0.2) is 4.79 Å². The Morgan fingerprint density at radius 2 is 1.79 bits per heavy atom. The number of benzene rings is 2. The zero-order valence-corrected chi connectivity index (χ0v) is 15.2. The summed E-state index contributed by atoms with van der Waals surface area (Å²) in [5, 5.41) is 9.66. The fourth-order valence-electron chi connectivity index (χ4n) is 3.64. The van der Waals surface area contributed by atoms with Crippen molar-refractivity contribution >= 4 is 12.1 Å². The van der Waals surface area contributed by atoms with E-state index >= 15 is 0 Å². The maximum absolute atomic E-state index is 12.5. The van der Waals surface area contributed by atoms with Gasteiger partial charge in [-0.15, -0.1) is 0 Å². The summed E-state index contributed by atoms with van der Waals surface area (Å²) >= 11 is 0. The quantitative estimate of drug-likeness (QED) is 0.874. The van der Waals surface area contributed by atoms with Crippen molar-refractivity contribution in [3.05, 3.63) is 59.7 Å². The summed E-state index contributed by atoms with van der Waals surface area (Å²) in [5.41, 5.74) is 1.70. The minimum absolute atomic E-state index is 0.113. The number of rotatable bonds is 4. The summed E-state index contributed by atoms with van der Waals surface area (Å²) in [6, 6.07) is 14.8. The van der Waals surface area contributed by atoms with Crippen LogP contribution in [0.25, 0.3) is 0 Å². The molecular formula is C21H21NO6. The smallest absolute Gasteiger partial charge is 0.410 e. The second-order valence-electron chi connectivity index (χ2n) is 6.90. The second-order valence-corrected chi connectivity index (χ2v) is 6.90. The number of nitrogens with zero attached hydrogens (tertiary/aromatic N) is 1. The van der Waals surface area contributed by atoms with Crippen LogP contribution in [0.2, 0.25) is 0 Å². The van der Waals surface area contributed by atoms with E-state index in [9.17, 15) is 14.7 Å². The van der Waals surface area contributed by atoms with Crippen LogP contribution in [0.5, 0.6) is 11.5 Å². The summed E-state index contributed by atoms with van der Waals surface area (Å²) in [6.45, 7) is 1.50. The molecule has 146 valence electrons. The van der Waals surface area contributed by atoms with Crippen molar-refractivity contribution in [3.8, 4) is 11.5 Å². The third-order valence-electron chi connectivity index (χ3n) is 5.09. The van der Waals surface area contributed by atoms with Crippen molar-refractivity contribution in [2.45, 2.75) is 12.5 Å². The number of carbonyl (C=O) groups is 2. The van der Waals surface area contributed by atoms with E-state index in [2.05, 4.69) is 0 Å². The number of ether oxygens (including phenoxy) is 3. The third kappa shape index (κ3) is 3.74. The van der Waals surface area contributed by atoms with Crippen LogP contribution in [0.15, 0.2) is 48.5 Å². The molecule has 0 aliphatic carbocycles. The van der Waals surface area contributed by atoms with Crippen molar-refractivity contribution in [1.29, 1.82) is 0 Å². The van der Waals surface area contributed by atoms with Gasteiger partial charge in [-0.05, 0) is 23.3 Å². The first kappa shape index (κ1) is 18.2. The Morgan fingerprint density at radius 3 is 2.54 bits per heavy atom. The second kappa shape index (κ2) is 7.80. The molecule has 2 aromatic rings. The molecule has 2 atom stereocenters. The van der Waals surface area contributed by atoms with Crippen molar-refractivity contribution in [2.75, 3.05) is 26.3 Å². The van der Waals surface area contributed by atoms with Gasteiger partial charge in [-0.1, -0.05) is 36.4 Å². The van der Waals surface area contributed by atoms with Crippen molar-refractivity contribution in [3.63, 3.8) is 0 Å². The minimum atomic E-state index is -0.932. The SMILES string of the molecule is O=C(O)[C@@H]1CN(C(=O)OCc2ccccc2)C[C@H]1c1ccc2c(c1)OCCO2. The van der Waals surface area contributed by atoms with Crippen LogP contribution >= 0.6 is 0 Å². The molecular weight excluding hydrogens is 362 g/mol. The highest BCUT2D eigenvalue weighted by Gasteiger charge is 2.41. The van der Waals surface area contributed by atoms with E-state index in [4.69, 9.17) is 14.2 Å². The summed E-state index contributed by atoms with van der Waals surface area (Å²) in [5.74, 6) is -0.709. The Labute approximate surface area is 162 Å². The van der Waals surface area contributed by atoms with E-state index in [0.717, 1.165) is 11.1 Å². The first-order valence-corrected chi connectivity index (χ1v) is 9.20. The number of aliphatic carboxylic acids is 1. The van der Waals surface area contributed by atoms with Crippen molar-refractivity contribution in [2.24, 2.45) is 5.92 Å². The first-order valence-electron chi connectivity index (χ1n) is 9.20. The van der Waals surface area contributed by atoms with E-state index in [1.807, 2.05) is 42.5 Å². The number of hydrogen-bond acceptors (Lipinski definition) is 5. The highest BCUT2D eigenvalue weighted by molar-refractivity contribution is 5.76. The van der Waals surface area contributed by atoms with Crippen LogP contribution < -0.4 is 9.47 Å². The molecule has 1 fully saturated rings. The van der Waals surface area contributed by atoms with Gasteiger partial charge in [0, 0.05) is 19.0 Å². The monoisotopic (exact) mass is 383 g/mol. The zero-order chi connectivity index (χ0) is 19.5. The predicted octanol–water partition coefficient (Wildman–Crippen LogP) is 2.89. The van der Waals surface area contributed by atoms with Gasteiger partial charge in [-0.3, -0.25) is 4.79 Å². The van der Waals surface area contributed by atoms with Gasteiger partial charge >= 0.3 is 12.1 Å². The van der Waals surface area contributed by atoms with Gasteiger partial charge in [-0.2, -0.15) is 0 Å². The van der Waals surface area contributed by atoms with Crippen LogP contribution in [0.1, 0.15) is 17.0 Å². The number of carboxylic acid groups (broad SMARTS) is 1. The molecule has 2 aliphatic rings. The van der Waals surface area contributed by atoms with Crippen LogP contribution in [0.4, 0.5) is 4.79 Å². The van der Waals surface area contributed by atoms with Gasteiger partial charge in [0.15, 0.2) is 11.5 Å². The maximum atomic E-state index is 12.5. The van der Waals surface area contributed by atoms with E-state index in [0.29, 0.717) is 24.7 Å². The van der Waals surface area contributed by atoms with E-state index in [-0.39, 0.29) is 25.6 Å². The lowest BCUT2D eigenvalue weighted by atomic mass is 9.89. The lowest BCUT2D eigenvalue weighted by Gasteiger charge is -2.21. The molecule has 0 aromatic heterocycles. The minimum Gasteiger partial charge on any atom is -0.486 e. The molecule has 2 aromatic carbocycles. The highest BCUT2D eigenvalue weighted by atomic mass is 16.6. The van der Waals surface area contributed by atoms with Crippen molar-refractivity contribution < 1.29 is 28.9 Å². The average molecular weight is 383 g/mol. The van der Waals surface area contributed by atoms with Crippen LogP contribution in [-0.2, 0) is 16.1 Å². The third-order valence-corrected chi connectivity index (χ3v) is 5.09. The molecule has 0 radical (unpaired) electrons. The summed E-state index contributed by atoms with van der Waals surface area (Å²) in [4.78, 5) is 25.7. The van der Waals surface area contributed by atoms with Gasteiger partial charge in [0.2, 0.25) is 0 Å². The molecule has 2 aliphatic heterocycles. The molecule has 1 saturated heterocycles. The molecule has 1 amide bonds. The number of fused-ring (bicyclic) bond motifs is 1. The lowest BCUT2D eigenvalue weighted by Crippen LogP contribution is -2.30. The Balaban J connectivity index is 1.47. The van der Waals surface area contributed by atoms with Crippen molar-refractivity contribution in [1.82, 2.24) is 4.90 Å². The normalized spacial score (nSPS) is 20.6. The van der Waals surface area contributed by atoms with Gasteiger partial charge in [0.25, 0.3) is 0 Å². The largest absolute Gasteiger partial charge is 0.486 e. The average Bonchev–Trinajstić information content (AvgIpc) is 3.18. The number of likely N-dealkylation sites (tertiary alicyclic amines) is 1. The van der Waals surface area contributed by atoms with Crippen LogP contribution in [0.3, 0.4) is 0 Å². The fourth-order valence-corrected chi connectivity index (χ4v) is 3.64. The molecule has 7 nitrogen and oxygen atoms in total. The molecule has 0 saturated carbocycles. The predicted molar refractivity (Wildman–Crippen MR) is 99.5 cm³/mol. The summed E-state index contributed by atoms with van der Waals surface area (Å²) in [7, 11) is 0. The molecule has 1 N–H and O–H groups in total. The molecule has 0 bridgehead atoms. The van der Waals surface area contributed by atoms with Gasteiger partial charge < -0.3 is 24.2 Å². The topological polar surface area (TPSA) is 85.3 Å². The van der Waals surface area contributed by atoms with E-state index in [1.54, 1.807) is 6.07 Å². The highest BCUT2D eigenvalue weighted by Crippen LogP contribution is 2.38. The lowest BCUT2D eigenvalue weighted by molar-refractivity contribution is -0.141. The van der Waals surface area contributed by atoms with Crippen LogP contribution in [0, 0.1) is 5.92 Å². The number of carboxylic acids is 1. The van der Waals surface area contributed by atoms with Gasteiger partial charge in [0.05, 0.1) is 5.92 Å². The number of amides is 1. The maximum Gasteiger partial charge on any atom is 0.410 e. The zero-order valence-electron chi connectivity index (χ0n) is 15.2. The Hall–Kier alpha value is -3.22. The standard InChI is InChI=1S/C21H21NO6/c23-20(24)17-12-22(21(25)28-13-14-4-2-1-3-5-14)11-16(17)15-6-7-18-19(10-15)27-9-8-26-18/h1-7,10,16-17H,8-9,11-13H2,(H,23,24)/t16-,17+/m0/s1. The summed E-state index contributed by atoms with van der Waals surface area (Å²) in [6.07, 6.45) is -0.504. The molecule has 28 heavy (non-hydrogen) atoms. The van der Waals surface area contributed by atoms with E-state index in [1.165, 1.54) is 4.90 Å². The van der Waals surface area contributed by atoms with Gasteiger partial charge in [0.1, 0.15) is 19.8 Å². The molecule has 4 rings (SSSR count). The molecule has 0 unspecified atom stereocenters. The Bertz CT molecular complexity index is 868. The molecule has 2 heterocycles. The van der Waals surface area contributed by atoms with E-state index < -0.39 is 18.0 Å². The Morgan fingerprint density at radius 1 is 1.04 bits per heavy atom. The summed E-state index contributed by atoms with van der Waals surface area (Å²) < 4.78 is 16.5. The first-order chi connectivity index (χ1) is 13.6.